The largest absolute Gasteiger partial charge is 0.379 e. The van der Waals surface area contributed by atoms with Crippen LogP contribution in [0.15, 0.2) is 27.2 Å². The fourth-order valence-corrected chi connectivity index (χ4v) is 2.78. The predicted octanol–water partition coefficient (Wildman–Crippen LogP) is 2.34. The van der Waals surface area contributed by atoms with Gasteiger partial charge in [-0.15, -0.1) is 0 Å². The molecule has 5 nitrogen and oxygen atoms in total. The van der Waals surface area contributed by atoms with E-state index < -0.39 is 0 Å². The molecule has 0 spiro atoms. The van der Waals surface area contributed by atoms with Crippen molar-refractivity contribution in [2.45, 2.75) is 12.0 Å². The number of hydrogen-bond acceptors (Lipinski definition) is 5. The molecule has 1 aliphatic heterocycles. The molecular formula is C13H13BrFN3O2. The van der Waals surface area contributed by atoms with Crippen molar-refractivity contribution in [2.24, 2.45) is 0 Å². The Labute approximate surface area is 123 Å². The third kappa shape index (κ3) is 2.48. The lowest BCUT2D eigenvalue weighted by molar-refractivity contribution is 0.185. The van der Waals surface area contributed by atoms with Crippen molar-refractivity contribution < 1.29 is 13.7 Å². The van der Waals surface area contributed by atoms with E-state index in [0.717, 1.165) is 0 Å². The molecule has 0 radical (unpaired) electrons. The van der Waals surface area contributed by atoms with Gasteiger partial charge in [0, 0.05) is 16.1 Å². The molecule has 0 saturated carbocycles. The second-order valence-corrected chi connectivity index (χ2v) is 5.47. The molecule has 2 heterocycles. The molecule has 20 heavy (non-hydrogen) atoms. The highest BCUT2D eigenvalue weighted by Crippen LogP contribution is 2.30. The Morgan fingerprint density at radius 2 is 2.25 bits per heavy atom. The molecule has 1 aromatic carbocycles. The summed E-state index contributed by atoms with van der Waals surface area (Å²) in [6.07, 6.45) is 0. The van der Waals surface area contributed by atoms with Crippen molar-refractivity contribution >= 4 is 15.9 Å². The van der Waals surface area contributed by atoms with Crippen LogP contribution in [0.5, 0.6) is 0 Å². The van der Waals surface area contributed by atoms with Gasteiger partial charge in [-0.2, -0.15) is 4.98 Å². The van der Waals surface area contributed by atoms with Crippen molar-refractivity contribution in [2.75, 3.05) is 20.3 Å². The molecule has 3 rings (SSSR count). The van der Waals surface area contributed by atoms with Gasteiger partial charge < -0.3 is 14.6 Å². The average molecular weight is 342 g/mol. The molecule has 2 aromatic rings. The molecule has 1 fully saturated rings. The molecule has 1 N–H and O–H groups in total. The average Bonchev–Trinajstić information content (AvgIpc) is 3.06. The summed E-state index contributed by atoms with van der Waals surface area (Å²) in [4.78, 5) is 4.40. The van der Waals surface area contributed by atoms with Gasteiger partial charge in [0.25, 0.3) is 0 Å². The Hall–Kier alpha value is -1.31. The predicted molar refractivity (Wildman–Crippen MR) is 73.8 cm³/mol. The van der Waals surface area contributed by atoms with E-state index in [2.05, 4.69) is 31.4 Å². The first kappa shape index (κ1) is 13.7. The van der Waals surface area contributed by atoms with Gasteiger partial charge in [0.1, 0.15) is 5.82 Å². The maximum Gasteiger partial charge on any atom is 0.234 e. The van der Waals surface area contributed by atoms with Crippen LogP contribution in [0, 0.1) is 5.82 Å². The highest BCUT2D eigenvalue weighted by molar-refractivity contribution is 9.10. The Bertz CT molecular complexity index is 619. The summed E-state index contributed by atoms with van der Waals surface area (Å²) in [7, 11) is 1.88. The lowest BCUT2D eigenvalue weighted by atomic mass is 10.0. The SMILES string of the molecule is CNC1COCC1c1nc(-c2ccc(F)cc2Br)no1. The Morgan fingerprint density at radius 3 is 3.00 bits per heavy atom. The fourth-order valence-electron chi connectivity index (χ4n) is 2.25. The molecule has 2 atom stereocenters. The van der Waals surface area contributed by atoms with Crippen LogP contribution in [0.1, 0.15) is 11.8 Å². The van der Waals surface area contributed by atoms with Crippen LogP contribution < -0.4 is 5.32 Å². The van der Waals surface area contributed by atoms with E-state index in [0.29, 0.717) is 35.0 Å². The number of aromatic nitrogens is 2. The highest BCUT2D eigenvalue weighted by Gasteiger charge is 2.33. The van der Waals surface area contributed by atoms with Crippen LogP contribution in [0.4, 0.5) is 4.39 Å². The maximum absolute atomic E-state index is 13.1. The summed E-state index contributed by atoms with van der Waals surface area (Å²) in [5, 5.41) is 7.14. The van der Waals surface area contributed by atoms with Crippen LogP contribution >= 0.6 is 15.9 Å². The number of ether oxygens (including phenoxy) is 1. The van der Waals surface area contributed by atoms with E-state index in [1.165, 1.54) is 12.1 Å². The number of halogens is 2. The zero-order chi connectivity index (χ0) is 14.1. The number of benzene rings is 1. The third-order valence-electron chi connectivity index (χ3n) is 3.38. The van der Waals surface area contributed by atoms with Gasteiger partial charge in [-0.25, -0.2) is 4.39 Å². The molecule has 7 heteroatoms. The standard InChI is InChI=1S/C13H13BrFN3O2/c1-16-11-6-19-5-9(11)13-17-12(18-20-13)8-3-2-7(15)4-10(8)14/h2-4,9,11,16H,5-6H2,1H3. The van der Waals surface area contributed by atoms with Crippen molar-refractivity contribution in [1.29, 1.82) is 0 Å². The molecule has 106 valence electrons. The molecule has 1 aromatic heterocycles. The molecule has 0 aliphatic carbocycles. The van der Waals surface area contributed by atoms with Crippen molar-refractivity contribution in [3.8, 4) is 11.4 Å². The van der Waals surface area contributed by atoms with Crippen molar-refractivity contribution in [3.63, 3.8) is 0 Å². The van der Waals surface area contributed by atoms with E-state index in [9.17, 15) is 4.39 Å². The number of nitrogens with one attached hydrogen (secondary N) is 1. The minimum Gasteiger partial charge on any atom is -0.379 e. The monoisotopic (exact) mass is 341 g/mol. The minimum absolute atomic E-state index is 0.0421. The first-order chi connectivity index (χ1) is 9.69. The van der Waals surface area contributed by atoms with E-state index in [1.54, 1.807) is 6.07 Å². The molecule has 1 saturated heterocycles. The number of nitrogens with zero attached hydrogens (tertiary/aromatic N) is 2. The highest BCUT2D eigenvalue weighted by atomic mass is 79.9. The van der Waals surface area contributed by atoms with Gasteiger partial charge in [0.2, 0.25) is 11.7 Å². The smallest absolute Gasteiger partial charge is 0.234 e. The summed E-state index contributed by atoms with van der Waals surface area (Å²) < 4.78 is 24.4. The van der Waals surface area contributed by atoms with Gasteiger partial charge in [-0.1, -0.05) is 5.16 Å². The van der Waals surface area contributed by atoms with Gasteiger partial charge in [-0.3, -0.25) is 0 Å². The van der Waals surface area contributed by atoms with Gasteiger partial charge >= 0.3 is 0 Å². The van der Waals surface area contributed by atoms with E-state index in [-0.39, 0.29) is 17.8 Å². The van der Waals surface area contributed by atoms with Crippen LogP contribution in [-0.2, 0) is 4.74 Å². The molecule has 0 bridgehead atoms. The van der Waals surface area contributed by atoms with Crippen molar-refractivity contribution in [3.05, 3.63) is 34.4 Å². The second kappa shape index (κ2) is 5.59. The van der Waals surface area contributed by atoms with Gasteiger partial charge in [0.15, 0.2) is 0 Å². The van der Waals surface area contributed by atoms with Crippen LogP contribution in [-0.4, -0.2) is 36.4 Å². The first-order valence-corrected chi connectivity index (χ1v) is 7.02. The van der Waals surface area contributed by atoms with Crippen molar-refractivity contribution in [1.82, 2.24) is 15.5 Å². The number of likely N-dealkylation sites (N-methyl/N-ethyl adjacent to an activating group) is 1. The Balaban J connectivity index is 1.90. The van der Waals surface area contributed by atoms with E-state index >= 15 is 0 Å². The number of hydrogen-bond donors (Lipinski definition) is 1. The molecule has 1 aliphatic rings. The van der Waals surface area contributed by atoms with Crippen LogP contribution in [0.25, 0.3) is 11.4 Å². The lowest BCUT2D eigenvalue weighted by Crippen LogP contribution is -2.31. The molecular weight excluding hydrogens is 329 g/mol. The summed E-state index contributed by atoms with van der Waals surface area (Å²) >= 11 is 3.30. The lowest BCUT2D eigenvalue weighted by Gasteiger charge is -2.11. The van der Waals surface area contributed by atoms with Crippen LogP contribution in [0.2, 0.25) is 0 Å². The maximum atomic E-state index is 13.1. The molecule has 2 unspecified atom stereocenters. The topological polar surface area (TPSA) is 60.2 Å². The summed E-state index contributed by atoms with van der Waals surface area (Å²) in [5.74, 6) is 0.700. The van der Waals surface area contributed by atoms with Gasteiger partial charge in [0.05, 0.1) is 19.1 Å². The van der Waals surface area contributed by atoms with E-state index in [1.807, 2.05) is 7.05 Å². The van der Waals surface area contributed by atoms with Crippen LogP contribution in [0.3, 0.4) is 0 Å². The minimum atomic E-state index is -0.316. The van der Waals surface area contributed by atoms with Gasteiger partial charge in [-0.05, 0) is 41.2 Å². The number of rotatable bonds is 3. The normalized spacial score (nSPS) is 22.4. The summed E-state index contributed by atoms with van der Waals surface area (Å²) in [6, 6.07) is 4.53. The zero-order valence-corrected chi connectivity index (χ0v) is 12.4. The zero-order valence-electron chi connectivity index (χ0n) is 10.8. The van der Waals surface area contributed by atoms with E-state index in [4.69, 9.17) is 9.26 Å². The Kier molecular flexibility index (Phi) is 3.82. The summed E-state index contributed by atoms with van der Waals surface area (Å²) in [5.41, 5.74) is 0.696. The Morgan fingerprint density at radius 1 is 1.40 bits per heavy atom. The third-order valence-corrected chi connectivity index (χ3v) is 4.04. The fraction of sp³-hybridized carbons (Fsp3) is 0.385. The first-order valence-electron chi connectivity index (χ1n) is 6.23. The second-order valence-electron chi connectivity index (χ2n) is 4.62. The quantitative estimate of drug-likeness (QED) is 0.928. The molecule has 0 amide bonds. The summed E-state index contributed by atoms with van der Waals surface area (Å²) in [6.45, 7) is 1.18.